The molecule has 1 aliphatic rings. The van der Waals surface area contributed by atoms with Gasteiger partial charge in [-0.1, -0.05) is 61.3 Å². The smallest absolute Gasteiger partial charge is 0.404 e. The summed E-state index contributed by atoms with van der Waals surface area (Å²) in [6, 6.07) is 12.0. The van der Waals surface area contributed by atoms with Crippen molar-refractivity contribution in [3.8, 4) is 5.75 Å². The fraction of sp³-hybridized carbons (Fsp3) is 0.346. The van der Waals surface area contributed by atoms with Gasteiger partial charge in [-0.25, -0.2) is 0 Å². The lowest BCUT2D eigenvalue weighted by Crippen LogP contribution is -2.40. The number of nitrogens with zero attached hydrogens (tertiary/aromatic N) is 1. The van der Waals surface area contributed by atoms with Crippen molar-refractivity contribution in [2.24, 2.45) is 0 Å². The number of unbranched alkanes of at least 4 members (excludes halogenated alkanes) is 1. The molecule has 1 aliphatic heterocycles. The van der Waals surface area contributed by atoms with Gasteiger partial charge < -0.3 is 30.4 Å². The molecule has 0 fully saturated rings. The van der Waals surface area contributed by atoms with Crippen LogP contribution in [0.2, 0.25) is 10.0 Å². The molecule has 1 atom stereocenters. The van der Waals surface area contributed by atoms with Crippen molar-refractivity contribution < 1.29 is 22.7 Å². The molecule has 3 N–H and O–H groups in total. The Morgan fingerprint density at radius 1 is 1.14 bits per heavy atom. The van der Waals surface area contributed by atoms with Gasteiger partial charge >= 0.3 is 6.36 Å². The average Bonchev–Trinajstić information content (AvgIpc) is 3.19. The van der Waals surface area contributed by atoms with Crippen molar-refractivity contribution in [2.45, 2.75) is 45.3 Å². The fourth-order valence-corrected chi connectivity index (χ4v) is 4.10. The SMILES string of the molecule is C=C(NC)C1=C(NCCCC)NC(Cc2ccc(Cl)c(OC(F)(F)F)c2)N1Cc1ccc(Cl)cc1.C=O. The van der Waals surface area contributed by atoms with Crippen LogP contribution in [0.3, 0.4) is 0 Å². The highest BCUT2D eigenvalue weighted by atomic mass is 35.5. The Morgan fingerprint density at radius 3 is 2.38 bits per heavy atom. The van der Waals surface area contributed by atoms with Crippen molar-refractivity contribution in [1.82, 2.24) is 20.9 Å². The number of halogens is 5. The van der Waals surface area contributed by atoms with Crippen LogP contribution in [0.4, 0.5) is 13.2 Å². The summed E-state index contributed by atoms with van der Waals surface area (Å²) in [5, 5.41) is 10.6. The second-order valence-corrected chi connectivity index (χ2v) is 9.01. The topological polar surface area (TPSA) is 65.6 Å². The molecular formula is C26H31Cl2F3N4O2. The van der Waals surface area contributed by atoms with E-state index >= 15 is 0 Å². The van der Waals surface area contributed by atoms with E-state index in [2.05, 4.69) is 39.1 Å². The molecule has 3 rings (SSSR count). The summed E-state index contributed by atoms with van der Waals surface area (Å²) in [6.07, 6.45) is -2.69. The van der Waals surface area contributed by atoms with Crippen molar-refractivity contribution in [1.29, 1.82) is 0 Å². The molecule has 0 saturated carbocycles. The molecule has 1 heterocycles. The Bertz CT molecular complexity index is 1080. The van der Waals surface area contributed by atoms with Gasteiger partial charge in [0.15, 0.2) is 0 Å². The van der Waals surface area contributed by atoms with E-state index in [0.29, 0.717) is 29.2 Å². The quantitative estimate of drug-likeness (QED) is 0.295. The van der Waals surface area contributed by atoms with Gasteiger partial charge in [0.1, 0.15) is 30.2 Å². The first kappa shape index (κ1) is 30.2. The van der Waals surface area contributed by atoms with E-state index in [9.17, 15) is 13.2 Å². The van der Waals surface area contributed by atoms with Gasteiger partial charge in [-0.05, 0) is 41.8 Å². The van der Waals surface area contributed by atoms with Crippen LogP contribution in [0.25, 0.3) is 0 Å². The van der Waals surface area contributed by atoms with Crippen LogP contribution in [-0.2, 0) is 17.8 Å². The first-order chi connectivity index (χ1) is 17.6. The first-order valence-corrected chi connectivity index (χ1v) is 12.3. The highest BCUT2D eigenvalue weighted by Crippen LogP contribution is 2.33. The predicted octanol–water partition coefficient (Wildman–Crippen LogP) is 5.97. The predicted molar refractivity (Wildman–Crippen MR) is 141 cm³/mol. The van der Waals surface area contributed by atoms with Crippen molar-refractivity contribution in [3.05, 3.63) is 87.4 Å². The molecule has 0 radical (unpaired) electrons. The summed E-state index contributed by atoms with van der Waals surface area (Å²) in [4.78, 5) is 10.1. The molecule has 2 aromatic rings. The van der Waals surface area contributed by atoms with Gasteiger partial charge in [-0.15, -0.1) is 13.2 Å². The number of carbonyl (C=O) groups is 1. The average molecular weight is 559 g/mol. The summed E-state index contributed by atoms with van der Waals surface area (Å²) >= 11 is 12.0. The lowest BCUT2D eigenvalue weighted by atomic mass is 10.1. The maximum atomic E-state index is 12.8. The first-order valence-electron chi connectivity index (χ1n) is 11.6. The number of hydrogen-bond acceptors (Lipinski definition) is 6. The van der Waals surface area contributed by atoms with E-state index in [-0.39, 0.29) is 11.2 Å². The van der Waals surface area contributed by atoms with E-state index in [4.69, 9.17) is 28.0 Å². The van der Waals surface area contributed by atoms with E-state index in [1.165, 1.54) is 12.1 Å². The second-order valence-electron chi connectivity index (χ2n) is 8.16. The zero-order valence-corrected chi connectivity index (χ0v) is 22.2. The molecule has 0 amide bonds. The van der Waals surface area contributed by atoms with Crippen LogP contribution in [0.5, 0.6) is 5.75 Å². The zero-order valence-electron chi connectivity index (χ0n) is 20.7. The van der Waals surface area contributed by atoms with E-state index < -0.39 is 12.1 Å². The standard InChI is InChI=1S/C25H29Cl2F3N4O.CH2O/c1-4-5-12-32-24-23(16(2)31-3)34(15-17-6-9-19(26)10-7-17)22(33-24)14-18-8-11-20(27)21(13-18)35-25(28,29)30;1-2/h6-11,13,22,31-33H,2,4-5,12,14-15H2,1,3H3;1H2. The largest absolute Gasteiger partial charge is 0.573 e. The van der Waals surface area contributed by atoms with Crippen molar-refractivity contribution in [3.63, 3.8) is 0 Å². The molecule has 11 heteroatoms. The molecule has 2 aromatic carbocycles. The third kappa shape index (κ3) is 8.79. The Labute approximate surface area is 225 Å². The third-order valence-corrected chi connectivity index (χ3v) is 6.11. The minimum atomic E-state index is -4.83. The summed E-state index contributed by atoms with van der Waals surface area (Å²) in [5.41, 5.74) is 3.24. The van der Waals surface area contributed by atoms with Crippen LogP contribution >= 0.6 is 23.2 Å². The van der Waals surface area contributed by atoms with Gasteiger partial charge in [0.05, 0.1) is 10.7 Å². The molecule has 0 aromatic heterocycles. The Hall–Kier alpha value is -3.04. The molecule has 0 spiro atoms. The summed E-state index contributed by atoms with van der Waals surface area (Å²) in [6.45, 7) is 9.59. The molecular weight excluding hydrogens is 528 g/mol. The highest BCUT2D eigenvalue weighted by Gasteiger charge is 2.34. The van der Waals surface area contributed by atoms with E-state index in [1.54, 1.807) is 13.1 Å². The maximum absolute atomic E-state index is 12.8. The van der Waals surface area contributed by atoms with Crippen LogP contribution in [0, 0.1) is 0 Å². The van der Waals surface area contributed by atoms with Crippen LogP contribution in [0.1, 0.15) is 30.9 Å². The van der Waals surface area contributed by atoms with Gasteiger partial charge in [0.2, 0.25) is 0 Å². The monoisotopic (exact) mass is 558 g/mol. The highest BCUT2D eigenvalue weighted by molar-refractivity contribution is 6.32. The molecule has 6 nitrogen and oxygen atoms in total. The minimum Gasteiger partial charge on any atom is -0.404 e. The number of ether oxygens (including phenoxy) is 1. The van der Waals surface area contributed by atoms with Crippen molar-refractivity contribution >= 4 is 30.0 Å². The minimum absolute atomic E-state index is 0.104. The third-order valence-electron chi connectivity index (χ3n) is 5.55. The normalized spacial score (nSPS) is 15.0. The molecule has 1 unspecified atom stereocenters. The Balaban J connectivity index is 0.00000235. The van der Waals surface area contributed by atoms with E-state index in [0.717, 1.165) is 36.5 Å². The maximum Gasteiger partial charge on any atom is 0.573 e. The summed E-state index contributed by atoms with van der Waals surface area (Å²) < 4.78 is 42.6. The van der Waals surface area contributed by atoms with Crippen LogP contribution in [-0.4, -0.2) is 37.8 Å². The van der Waals surface area contributed by atoms with Gasteiger partial charge in [0, 0.05) is 31.6 Å². The summed E-state index contributed by atoms with van der Waals surface area (Å²) in [7, 11) is 1.80. The van der Waals surface area contributed by atoms with Gasteiger partial charge in [0.25, 0.3) is 0 Å². The lowest BCUT2D eigenvalue weighted by molar-refractivity contribution is -0.274. The Morgan fingerprint density at radius 2 is 1.78 bits per heavy atom. The number of nitrogens with one attached hydrogen (secondary N) is 3. The van der Waals surface area contributed by atoms with Crippen LogP contribution in [0.15, 0.2) is 66.3 Å². The molecule has 37 heavy (non-hydrogen) atoms. The Kier molecular flexibility index (Phi) is 11.5. The van der Waals surface area contributed by atoms with Gasteiger partial charge in [-0.2, -0.15) is 0 Å². The number of carbonyl (C=O) groups excluding carboxylic acids is 1. The fourth-order valence-electron chi connectivity index (χ4n) is 3.82. The zero-order chi connectivity index (χ0) is 27.6. The molecule has 0 aliphatic carbocycles. The number of rotatable bonds is 11. The van der Waals surface area contributed by atoms with Crippen molar-refractivity contribution in [2.75, 3.05) is 13.6 Å². The summed E-state index contributed by atoms with van der Waals surface area (Å²) in [5.74, 6) is 0.394. The lowest BCUT2D eigenvalue weighted by Gasteiger charge is -2.30. The van der Waals surface area contributed by atoms with E-state index in [1.807, 2.05) is 31.1 Å². The molecule has 0 bridgehead atoms. The number of benzene rings is 2. The number of hydrogen-bond donors (Lipinski definition) is 3. The number of alkyl halides is 3. The number of likely N-dealkylation sites (N-methyl/N-ethyl adjacent to an activating group) is 1. The second kappa shape index (κ2) is 14.0. The molecule has 0 saturated heterocycles. The van der Waals surface area contributed by atoms with Crippen LogP contribution < -0.4 is 20.7 Å². The van der Waals surface area contributed by atoms with Gasteiger partial charge in [-0.3, -0.25) is 0 Å². The molecule has 202 valence electrons.